The zero-order chi connectivity index (χ0) is 23.9. The first-order chi connectivity index (χ1) is 17.2. The van der Waals surface area contributed by atoms with Crippen molar-refractivity contribution in [3.8, 4) is 28.6 Å². The Morgan fingerprint density at radius 1 is 0.886 bits per heavy atom. The standard InChI is InChI=1S/C28H24N4O3/c33-28(30-17-5-7-20-6-4-16-29-19-20)35-24-14-15-25-26(18-24)32-27(31-25)21-10-12-23(13-11-21)34-22-8-2-1-3-9-22/h1-4,6,8-16,18-19H,5,7,17H2,(H,30,33)(H,31,32). The monoisotopic (exact) mass is 464 g/mol. The fourth-order valence-corrected chi connectivity index (χ4v) is 3.67. The van der Waals surface area contributed by atoms with Crippen LogP contribution < -0.4 is 14.8 Å². The van der Waals surface area contributed by atoms with E-state index in [1.54, 1.807) is 18.3 Å². The van der Waals surface area contributed by atoms with Crippen molar-refractivity contribution in [1.82, 2.24) is 20.3 Å². The Kier molecular flexibility index (Phi) is 6.66. The number of hydrogen-bond donors (Lipinski definition) is 2. The molecule has 0 unspecified atom stereocenters. The maximum atomic E-state index is 12.2. The van der Waals surface area contributed by atoms with Crippen LogP contribution in [0.4, 0.5) is 4.79 Å². The van der Waals surface area contributed by atoms with Gasteiger partial charge in [0.25, 0.3) is 0 Å². The van der Waals surface area contributed by atoms with Gasteiger partial charge in [-0.2, -0.15) is 0 Å². The van der Waals surface area contributed by atoms with E-state index in [0.717, 1.165) is 52.3 Å². The highest BCUT2D eigenvalue weighted by molar-refractivity contribution is 5.82. The van der Waals surface area contributed by atoms with Crippen molar-refractivity contribution in [2.24, 2.45) is 0 Å². The Morgan fingerprint density at radius 2 is 1.69 bits per heavy atom. The summed E-state index contributed by atoms with van der Waals surface area (Å²) in [4.78, 5) is 24.2. The lowest BCUT2D eigenvalue weighted by Gasteiger charge is -2.06. The Balaban J connectivity index is 1.17. The molecule has 1 amide bonds. The van der Waals surface area contributed by atoms with Crippen LogP contribution in [0.15, 0.2) is 97.3 Å². The van der Waals surface area contributed by atoms with E-state index in [1.807, 2.05) is 79.0 Å². The molecule has 7 nitrogen and oxygen atoms in total. The lowest BCUT2D eigenvalue weighted by atomic mass is 10.2. The van der Waals surface area contributed by atoms with Crippen molar-refractivity contribution in [2.75, 3.05) is 6.54 Å². The molecule has 2 aromatic heterocycles. The molecular formula is C28H24N4O3. The molecule has 7 heteroatoms. The normalized spacial score (nSPS) is 10.7. The number of nitrogens with one attached hydrogen (secondary N) is 2. The number of fused-ring (bicyclic) bond motifs is 1. The second kappa shape index (κ2) is 10.5. The van der Waals surface area contributed by atoms with E-state index >= 15 is 0 Å². The number of ether oxygens (including phenoxy) is 2. The van der Waals surface area contributed by atoms with Crippen LogP contribution in [-0.2, 0) is 6.42 Å². The predicted molar refractivity (Wildman–Crippen MR) is 135 cm³/mol. The number of para-hydroxylation sites is 1. The van der Waals surface area contributed by atoms with E-state index in [1.165, 1.54) is 0 Å². The van der Waals surface area contributed by atoms with Crippen molar-refractivity contribution in [3.63, 3.8) is 0 Å². The fourth-order valence-electron chi connectivity index (χ4n) is 3.67. The first kappa shape index (κ1) is 22.2. The van der Waals surface area contributed by atoms with E-state index < -0.39 is 6.09 Å². The number of H-pyrrole nitrogens is 1. The topological polar surface area (TPSA) is 89.1 Å². The minimum Gasteiger partial charge on any atom is -0.457 e. The highest BCUT2D eigenvalue weighted by Crippen LogP contribution is 2.27. The molecule has 0 bridgehead atoms. The van der Waals surface area contributed by atoms with Gasteiger partial charge >= 0.3 is 6.09 Å². The van der Waals surface area contributed by atoms with Crippen LogP contribution in [-0.4, -0.2) is 27.6 Å². The highest BCUT2D eigenvalue weighted by Gasteiger charge is 2.09. The number of carbonyl (C=O) groups is 1. The summed E-state index contributed by atoms with van der Waals surface area (Å²) in [6.07, 6.45) is 4.74. The molecule has 0 aliphatic rings. The van der Waals surface area contributed by atoms with E-state index in [2.05, 4.69) is 20.3 Å². The van der Waals surface area contributed by atoms with Crippen LogP contribution in [0.25, 0.3) is 22.4 Å². The Labute approximate surface area is 202 Å². The molecule has 35 heavy (non-hydrogen) atoms. The number of benzene rings is 3. The number of carbonyl (C=O) groups excluding carboxylic acids is 1. The van der Waals surface area contributed by atoms with Gasteiger partial charge < -0.3 is 19.8 Å². The predicted octanol–water partition coefficient (Wildman–Crippen LogP) is 6.14. The maximum absolute atomic E-state index is 12.2. The molecule has 5 aromatic rings. The number of pyridine rings is 1. The molecule has 0 saturated carbocycles. The van der Waals surface area contributed by atoms with Gasteiger partial charge in [0.1, 0.15) is 23.1 Å². The van der Waals surface area contributed by atoms with Crippen LogP contribution in [0.1, 0.15) is 12.0 Å². The number of amides is 1. The Morgan fingerprint density at radius 3 is 2.49 bits per heavy atom. The molecule has 0 saturated heterocycles. The summed E-state index contributed by atoms with van der Waals surface area (Å²) in [6.45, 7) is 0.522. The zero-order valence-electron chi connectivity index (χ0n) is 19.0. The number of aryl methyl sites for hydroxylation is 1. The summed E-state index contributed by atoms with van der Waals surface area (Å²) in [5.41, 5.74) is 3.64. The van der Waals surface area contributed by atoms with Gasteiger partial charge in [0.05, 0.1) is 11.0 Å². The molecule has 5 rings (SSSR count). The van der Waals surface area contributed by atoms with Crippen molar-refractivity contribution in [1.29, 1.82) is 0 Å². The third-order valence-corrected chi connectivity index (χ3v) is 5.40. The van der Waals surface area contributed by atoms with Gasteiger partial charge in [-0.25, -0.2) is 9.78 Å². The lowest BCUT2D eigenvalue weighted by molar-refractivity contribution is 0.200. The number of nitrogens with zero attached hydrogens (tertiary/aromatic N) is 2. The third-order valence-electron chi connectivity index (χ3n) is 5.40. The largest absolute Gasteiger partial charge is 0.457 e. The molecule has 2 heterocycles. The second-order valence-corrected chi connectivity index (χ2v) is 7.98. The number of imidazole rings is 1. The highest BCUT2D eigenvalue weighted by atomic mass is 16.6. The van der Waals surface area contributed by atoms with Crippen LogP contribution in [0, 0.1) is 0 Å². The zero-order valence-corrected chi connectivity index (χ0v) is 19.0. The van der Waals surface area contributed by atoms with Crippen molar-refractivity contribution >= 4 is 17.1 Å². The molecule has 0 fully saturated rings. The molecule has 0 aliphatic heterocycles. The average Bonchev–Trinajstić information content (AvgIpc) is 3.32. The van der Waals surface area contributed by atoms with Crippen molar-refractivity contribution in [2.45, 2.75) is 12.8 Å². The van der Waals surface area contributed by atoms with E-state index in [4.69, 9.17) is 9.47 Å². The van der Waals surface area contributed by atoms with Crippen LogP contribution in [0.3, 0.4) is 0 Å². The lowest BCUT2D eigenvalue weighted by Crippen LogP contribution is -2.27. The maximum Gasteiger partial charge on any atom is 0.412 e. The molecule has 2 N–H and O–H groups in total. The van der Waals surface area contributed by atoms with Gasteiger partial charge in [0.2, 0.25) is 0 Å². The van der Waals surface area contributed by atoms with Gasteiger partial charge in [0, 0.05) is 30.6 Å². The minimum atomic E-state index is -0.482. The van der Waals surface area contributed by atoms with Crippen molar-refractivity contribution in [3.05, 3.63) is 103 Å². The quantitative estimate of drug-likeness (QED) is 0.269. The molecule has 0 spiro atoms. The summed E-state index contributed by atoms with van der Waals surface area (Å²) in [5, 5.41) is 2.78. The van der Waals surface area contributed by atoms with E-state index in [9.17, 15) is 4.79 Å². The van der Waals surface area contributed by atoms with Gasteiger partial charge in [-0.3, -0.25) is 4.98 Å². The number of rotatable bonds is 8. The summed E-state index contributed by atoms with van der Waals surface area (Å²) in [5.74, 6) is 2.71. The Bertz CT molecular complexity index is 1400. The summed E-state index contributed by atoms with van der Waals surface area (Å²) < 4.78 is 11.3. The number of hydrogen-bond acceptors (Lipinski definition) is 5. The molecule has 174 valence electrons. The molecule has 0 aliphatic carbocycles. The summed E-state index contributed by atoms with van der Waals surface area (Å²) in [7, 11) is 0. The SMILES string of the molecule is O=C(NCCCc1cccnc1)Oc1ccc2nc(-c3ccc(Oc4ccccc4)cc3)[nH]c2c1. The fraction of sp³-hybridized carbons (Fsp3) is 0.107. The molecular weight excluding hydrogens is 440 g/mol. The van der Waals surface area contributed by atoms with Gasteiger partial charge in [-0.15, -0.1) is 0 Å². The van der Waals surface area contributed by atoms with Crippen LogP contribution in [0.2, 0.25) is 0 Å². The van der Waals surface area contributed by atoms with Gasteiger partial charge in [-0.05, 0) is 73.0 Å². The third kappa shape index (κ3) is 5.83. The first-order valence-electron chi connectivity index (χ1n) is 11.4. The van der Waals surface area contributed by atoms with E-state index in [0.29, 0.717) is 12.3 Å². The van der Waals surface area contributed by atoms with E-state index in [-0.39, 0.29) is 0 Å². The average molecular weight is 465 g/mol. The smallest absolute Gasteiger partial charge is 0.412 e. The molecule has 0 radical (unpaired) electrons. The van der Waals surface area contributed by atoms with Crippen LogP contribution >= 0.6 is 0 Å². The van der Waals surface area contributed by atoms with Gasteiger partial charge in [0.15, 0.2) is 0 Å². The summed E-state index contributed by atoms with van der Waals surface area (Å²) >= 11 is 0. The second-order valence-electron chi connectivity index (χ2n) is 7.98. The molecule has 3 aromatic carbocycles. The Hall–Kier alpha value is -4.65. The summed E-state index contributed by atoms with van der Waals surface area (Å²) in [6, 6.07) is 26.6. The minimum absolute atomic E-state index is 0.448. The molecule has 0 atom stereocenters. The first-order valence-corrected chi connectivity index (χ1v) is 11.4. The number of aromatic amines is 1. The van der Waals surface area contributed by atoms with Gasteiger partial charge in [-0.1, -0.05) is 24.3 Å². The van der Waals surface area contributed by atoms with Crippen LogP contribution in [0.5, 0.6) is 17.2 Å². The van der Waals surface area contributed by atoms with Crippen molar-refractivity contribution < 1.29 is 14.3 Å². The number of aromatic nitrogens is 3.